The van der Waals surface area contributed by atoms with E-state index in [2.05, 4.69) is 41.8 Å². The summed E-state index contributed by atoms with van der Waals surface area (Å²) < 4.78 is 0.850. The van der Waals surface area contributed by atoms with Crippen LogP contribution in [-0.2, 0) is 0 Å². The van der Waals surface area contributed by atoms with E-state index in [-0.39, 0.29) is 0 Å². The molecule has 1 saturated heterocycles. The number of nitrogens with one attached hydrogen (secondary N) is 1. The first-order valence-corrected chi connectivity index (χ1v) is 4.24. The van der Waals surface area contributed by atoms with Crippen LogP contribution in [0.25, 0.3) is 0 Å². The molecule has 1 heterocycles. The highest BCUT2D eigenvalue weighted by molar-refractivity contribution is 14.1. The number of rotatable bonds is 0. The smallest absolute Gasteiger partial charge is 0.0252 e. The van der Waals surface area contributed by atoms with E-state index in [1.807, 2.05) is 0 Å². The highest BCUT2D eigenvalue weighted by Gasteiger charge is 2.27. The van der Waals surface area contributed by atoms with Crippen LogP contribution in [-0.4, -0.2) is 16.0 Å². The molecule has 0 amide bonds. The summed E-state index contributed by atoms with van der Waals surface area (Å²) in [5.41, 5.74) is 0.409. The van der Waals surface area contributed by atoms with E-state index >= 15 is 0 Å². The van der Waals surface area contributed by atoms with Gasteiger partial charge in [0.05, 0.1) is 0 Å². The molecule has 0 aliphatic carbocycles. The Bertz CT molecular complexity index is 90.5. The summed E-state index contributed by atoms with van der Waals surface area (Å²) >= 11 is 2.49. The van der Waals surface area contributed by atoms with Crippen LogP contribution in [0.1, 0.15) is 20.3 Å². The van der Waals surface area contributed by atoms with Crippen molar-refractivity contribution in [2.45, 2.75) is 29.7 Å². The van der Waals surface area contributed by atoms with Gasteiger partial charge in [0.1, 0.15) is 0 Å². The first-order valence-electron chi connectivity index (χ1n) is 2.99. The Morgan fingerprint density at radius 1 is 1.62 bits per heavy atom. The Balaban J connectivity index is 2.44. The average Bonchev–Trinajstić information content (AvgIpc) is 1.82. The first kappa shape index (κ1) is 6.81. The lowest BCUT2D eigenvalue weighted by Crippen LogP contribution is -2.31. The topological polar surface area (TPSA) is 12.0 Å². The highest BCUT2D eigenvalue weighted by atomic mass is 127. The molecule has 0 aromatic heterocycles. The third kappa shape index (κ3) is 1.58. The van der Waals surface area contributed by atoms with Gasteiger partial charge in [-0.1, -0.05) is 22.6 Å². The summed E-state index contributed by atoms with van der Waals surface area (Å²) in [6.07, 6.45) is 1.31. The van der Waals surface area contributed by atoms with Crippen molar-refractivity contribution in [3.05, 3.63) is 0 Å². The minimum absolute atomic E-state index is 0.409. The van der Waals surface area contributed by atoms with Gasteiger partial charge in [-0.2, -0.15) is 0 Å². The van der Waals surface area contributed by atoms with E-state index < -0.39 is 0 Å². The van der Waals surface area contributed by atoms with Crippen LogP contribution in [0.2, 0.25) is 0 Å². The Morgan fingerprint density at radius 3 is 2.38 bits per heavy atom. The molecule has 0 aromatic rings. The maximum atomic E-state index is 3.44. The Labute approximate surface area is 64.4 Å². The van der Waals surface area contributed by atoms with Crippen LogP contribution in [0, 0.1) is 0 Å². The fourth-order valence-corrected chi connectivity index (χ4v) is 2.41. The first-order chi connectivity index (χ1) is 3.60. The number of halogens is 1. The van der Waals surface area contributed by atoms with Crippen LogP contribution in [0.5, 0.6) is 0 Å². The number of hydrogen-bond acceptors (Lipinski definition) is 1. The lowest BCUT2D eigenvalue weighted by Gasteiger charge is -2.15. The molecule has 0 aromatic carbocycles. The van der Waals surface area contributed by atoms with Crippen molar-refractivity contribution < 1.29 is 0 Å². The minimum Gasteiger partial charge on any atom is -0.311 e. The molecule has 0 radical (unpaired) electrons. The van der Waals surface area contributed by atoms with Gasteiger partial charge >= 0.3 is 0 Å². The third-order valence-corrected chi connectivity index (χ3v) is 2.41. The molecule has 48 valence electrons. The quantitative estimate of drug-likeness (QED) is 0.487. The summed E-state index contributed by atoms with van der Waals surface area (Å²) in [5.74, 6) is 0. The minimum atomic E-state index is 0.409. The van der Waals surface area contributed by atoms with Gasteiger partial charge in [0.2, 0.25) is 0 Å². The van der Waals surface area contributed by atoms with Crippen molar-refractivity contribution in [1.29, 1.82) is 0 Å². The summed E-state index contributed by atoms with van der Waals surface area (Å²) in [5, 5.41) is 3.44. The van der Waals surface area contributed by atoms with Gasteiger partial charge in [0.25, 0.3) is 0 Å². The SMILES string of the molecule is CC1(C)C[C@H](I)CN1. The normalized spacial score (nSPS) is 35.6. The van der Waals surface area contributed by atoms with Crippen LogP contribution < -0.4 is 5.32 Å². The van der Waals surface area contributed by atoms with Crippen LogP contribution >= 0.6 is 22.6 Å². The molecule has 1 fully saturated rings. The second kappa shape index (κ2) is 2.14. The van der Waals surface area contributed by atoms with E-state index in [9.17, 15) is 0 Å². The zero-order valence-electron chi connectivity index (χ0n) is 5.37. The Kier molecular flexibility index (Phi) is 1.82. The van der Waals surface area contributed by atoms with E-state index in [0.717, 1.165) is 3.92 Å². The van der Waals surface area contributed by atoms with Crippen LogP contribution in [0.4, 0.5) is 0 Å². The maximum Gasteiger partial charge on any atom is 0.0252 e. The third-order valence-electron chi connectivity index (χ3n) is 1.53. The van der Waals surface area contributed by atoms with E-state index in [0.29, 0.717) is 5.54 Å². The van der Waals surface area contributed by atoms with Crippen molar-refractivity contribution >= 4 is 22.6 Å². The summed E-state index contributed by atoms with van der Waals surface area (Å²) in [7, 11) is 0. The van der Waals surface area contributed by atoms with Gasteiger partial charge in [0, 0.05) is 16.0 Å². The molecule has 2 heteroatoms. The molecule has 1 atom stereocenters. The maximum absolute atomic E-state index is 3.44. The molecule has 1 aliphatic rings. The molecule has 0 unspecified atom stereocenters. The zero-order valence-corrected chi connectivity index (χ0v) is 7.53. The summed E-state index contributed by atoms with van der Waals surface area (Å²) in [6.45, 7) is 5.70. The second-order valence-electron chi connectivity index (χ2n) is 3.07. The molecule has 1 rings (SSSR count). The van der Waals surface area contributed by atoms with Crippen molar-refractivity contribution in [2.24, 2.45) is 0 Å². The Morgan fingerprint density at radius 2 is 2.25 bits per heavy atom. The highest BCUT2D eigenvalue weighted by Crippen LogP contribution is 2.22. The predicted molar refractivity (Wildman–Crippen MR) is 44.5 cm³/mol. The fourth-order valence-electron chi connectivity index (χ4n) is 1.09. The lowest BCUT2D eigenvalue weighted by molar-refractivity contribution is 0.461. The molecule has 8 heavy (non-hydrogen) atoms. The number of alkyl halides is 1. The molecule has 1 N–H and O–H groups in total. The lowest BCUT2D eigenvalue weighted by atomic mass is 10.0. The summed E-state index contributed by atoms with van der Waals surface area (Å²) in [6, 6.07) is 0. The molecule has 0 saturated carbocycles. The van der Waals surface area contributed by atoms with Crippen molar-refractivity contribution in [3.8, 4) is 0 Å². The van der Waals surface area contributed by atoms with Gasteiger partial charge in [0.15, 0.2) is 0 Å². The van der Waals surface area contributed by atoms with Crippen molar-refractivity contribution in [1.82, 2.24) is 5.32 Å². The zero-order chi connectivity index (χ0) is 6.20. The standard InChI is InChI=1S/C6H12IN/c1-6(2)3-5(7)4-8-6/h5,8H,3-4H2,1-2H3/t5-/m0/s1. The Hall–Kier alpha value is 0.690. The molecule has 0 bridgehead atoms. The van der Waals surface area contributed by atoms with Crippen LogP contribution in [0.15, 0.2) is 0 Å². The monoisotopic (exact) mass is 225 g/mol. The predicted octanol–water partition coefficient (Wildman–Crippen LogP) is 1.56. The molecular formula is C6H12IN. The van der Waals surface area contributed by atoms with Crippen molar-refractivity contribution in [3.63, 3.8) is 0 Å². The second-order valence-corrected chi connectivity index (χ2v) is 4.83. The van der Waals surface area contributed by atoms with Gasteiger partial charge in [-0.15, -0.1) is 0 Å². The van der Waals surface area contributed by atoms with Gasteiger partial charge < -0.3 is 5.32 Å². The molecule has 1 nitrogen and oxygen atoms in total. The van der Waals surface area contributed by atoms with Gasteiger partial charge in [-0.05, 0) is 20.3 Å². The average molecular weight is 225 g/mol. The van der Waals surface area contributed by atoms with E-state index in [1.54, 1.807) is 0 Å². The molecular weight excluding hydrogens is 213 g/mol. The van der Waals surface area contributed by atoms with E-state index in [4.69, 9.17) is 0 Å². The molecule has 0 spiro atoms. The summed E-state index contributed by atoms with van der Waals surface area (Å²) in [4.78, 5) is 0. The number of hydrogen-bond donors (Lipinski definition) is 1. The van der Waals surface area contributed by atoms with Gasteiger partial charge in [-0.3, -0.25) is 0 Å². The fraction of sp³-hybridized carbons (Fsp3) is 1.00. The van der Waals surface area contributed by atoms with Gasteiger partial charge in [-0.25, -0.2) is 0 Å². The van der Waals surface area contributed by atoms with Crippen molar-refractivity contribution in [2.75, 3.05) is 6.54 Å². The van der Waals surface area contributed by atoms with Crippen LogP contribution in [0.3, 0.4) is 0 Å². The molecule has 1 aliphatic heterocycles. The van der Waals surface area contributed by atoms with E-state index in [1.165, 1.54) is 13.0 Å². The largest absolute Gasteiger partial charge is 0.311 e.